The lowest BCUT2D eigenvalue weighted by Crippen LogP contribution is -2.42. The molecule has 1 fully saturated rings. The van der Waals surface area contributed by atoms with E-state index in [1.165, 1.54) is 5.56 Å². The van der Waals surface area contributed by atoms with Gasteiger partial charge in [-0.05, 0) is 37.1 Å². The molecule has 0 bridgehead atoms. The number of nitrogens with zero attached hydrogens (tertiary/aromatic N) is 1. The molecule has 2 aromatic rings. The Kier molecular flexibility index (Phi) is 4.98. The lowest BCUT2D eigenvalue weighted by Gasteiger charge is -2.32. The fourth-order valence-electron chi connectivity index (χ4n) is 2.91. The summed E-state index contributed by atoms with van der Waals surface area (Å²) < 4.78 is 6.15. The summed E-state index contributed by atoms with van der Waals surface area (Å²) in [6.07, 6.45) is 4.28. The number of pyridine rings is 1. The smallest absolute Gasteiger partial charge is 0.0891 e. The van der Waals surface area contributed by atoms with Crippen LogP contribution < -0.4 is 5.32 Å². The van der Waals surface area contributed by atoms with Gasteiger partial charge < -0.3 is 10.1 Å². The van der Waals surface area contributed by atoms with Crippen LogP contribution in [0.4, 0.5) is 0 Å². The van der Waals surface area contributed by atoms with E-state index in [2.05, 4.69) is 40.6 Å². The van der Waals surface area contributed by atoms with E-state index in [0.29, 0.717) is 18.6 Å². The van der Waals surface area contributed by atoms with E-state index in [4.69, 9.17) is 4.74 Å². The number of hydrogen-bond donors (Lipinski definition) is 1. The van der Waals surface area contributed by atoms with E-state index in [1.807, 2.05) is 24.4 Å². The zero-order valence-corrected chi connectivity index (χ0v) is 12.2. The molecular weight excluding hydrogens is 260 g/mol. The van der Waals surface area contributed by atoms with Gasteiger partial charge in [-0.2, -0.15) is 0 Å². The van der Waals surface area contributed by atoms with Crippen molar-refractivity contribution in [2.45, 2.75) is 25.6 Å². The maximum Gasteiger partial charge on any atom is 0.0891 e. The van der Waals surface area contributed by atoms with Crippen molar-refractivity contribution >= 4 is 0 Å². The van der Waals surface area contributed by atoms with E-state index < -0.39 is 0 Å². The summed E-state index contributed by atoms with van der Waals surface area (Å²) >= 11 is 0. The van der Waals surface area contributed by atoms with Crippen LogP contribution in [0, 0.1) is 5.92 Å². The first-order valence-corrected chi connectivity index (χ1v) is 7.68. The lowest BCUT2D eigenvalue weighted by molar-refractivity contribution is -0.0164. The Morgan fingerprint density at radius 2 is 1.95 bits per heavy atom. The van der Waals surface area contributed by atoms with Gasteiger partial charge in [0.2, 0.25) is 0 Å². The van der Waals surface area contributed by atoms with Crippen molar-refractivity contribution in [1.29, 1.82) is 0 Å². The molecule has 3 heteroatoms. The first-order valence-electron chi connectivity index (χ1n) is 7.68. The second kappa shape index (κ2) is 7.34. The molecule has 21 heavy (non-hydrogen) atoms. The highest BCUT2D eigenvalue weighted by Crippen LogP contribution is 2.21. The molecule has 3 rings (SSSR count). The highest BCUT2D eigenvalue weighted by atomic mass is 16.5. The van der Waals surface area contributed by atoms with Gasteiger partial charge in [0.05, 0.1) is 18.4 Å². The molecule has 2 atom stereocenters. The summed E-state index contributed by atoms with van der Waals surface area (Å²) in [6.45, 7) is 2.68. The van der Waals surface area contributed by atoms with Crippen LogP contribution in [0.15, 0.2) is 54.7 Å². The summed E-state index contributed by atoms with van der Waals surface area (Å²) in [5.41, 5.74) is 2.40. The Labute approximate surface area is 126 Å². The molecule has 1 aromatic heterocycles. The zero-order chi connectivity index (χ0) is 14.3. The van der Waals surface area contributed by atoms with E-state index in [0.717, 1.165) is 31.6 Å². The van der Waals surface area contributed by atoms with E-state index in [-0.39, 0.29) is 0 Å². The van der Waals surface area contributed by atoms with Crippen LogP contribution >= 0.6 is 0 Å². The minimum Gasteiger partial charge on any atom is -0.372 e. The van der Waals surface area contributed by atoms with Crippen molar-refractivity contribution < 1.29 is 4.74 Å². The number of hydrogen-bond acceptors (Lipinski definition) is 3. The standard InChI is InChI=1S/C18H22N2O/c1-2-6-15(7-3-1)12-16-13-19-11-9-18(16)21-14-17-8-4-5-10-20-17/h1-8,10,16,18-19H,9,11-14H2/t16-,18+/m0/s1. The minimum atomic E-state index is 0.313. The van der Waals surface area contributed by atoms with Crippen molar-refractivity contribution in [3.63, 3.8) is 0 Å². The van der Waals surface area contributed by atoms with Crippen molar-refractivity contribution in [3.05, 3.63) is 66.0 Å². The van der Waals surface area contributed by atoms with Gasteiger partial charge >= 0.3 is 0 Å². The molecule has 1 aliphatic rings. The summed E-state index contributed by atoms with van der Waals surface area (Å²) in [5.74, 6) is 0.532. The van der Waals surface area contributed by atoms with Crippen LogP contribution in [-0.4, -0.2) is 24.2 Å². The second-order valence-electron chi connectivity index (χ2n) is 5.61. The normalized spacial score (nSPS) is 22.1. The van der Waals surface area contributed by atoms with Crippen molar-refractivity contribution in [3.8, 4) is 0 Å². The average Bonchev–Trinajstić information content (AvgIpc) is 2.56. The highest BCUT2D eigenvalue weighted by Gasteiger charge is 2.25. The average molecular weight is 282 g/mol. The van der Waals surface area contributed by atoms with Crippen LogP contribution in [0.1, 0.15) is 17.7 Å². The summed E-state index contributed by atoms with van der Waals surface area (Å²) in [6, 6.07) is 16.6. The number of piperidine rings is 1. The van der Waals surface area contributed by atoms with Crippen LogP contribution in [0.5, 0.6) is 0 Å². The molecule has 2 heterocycles. The van der Waals surface area contributed by atoms with Gasteiger partial charge in [-0.25, -0.2) is 0 Å². The molecule has 1 aliphatic heterocycles. The fourth-order valence-corrected chi connectivity index (χ4v) is 2.91. The maximum absolute atomic E-state index is 6.15. The number of aromatic nitrogens is 1. The van der Waals surface area contributed by atoms with Gasteiger partial charge in [0.25, 0.3) is 0 Å². The molecular formula is C18H22N2O. The summed E-state index contributed by atoms with van der Waals surface area (Å²) in [5, 5.41) is 3.49. The van der Waals surface area contributed by atoms with Crippen molar-refractivity contribution in [2.24, 2.45) is 5.92 Å². The Hall–Kier alpha value is -1.71. The second-order valence-corrected chi connectivity index (χ2v) is 5.61. The largest absolute Gasteiger partial charge is 0.372 e. The van der Waals surface area contributed by atoms with Gasteiger partial charge in [-0.3, -0.25) is 4.98 Å². The van der Waals surface area contributed by atoms with Gasteiger partial charge in [0.1, 0.15) is 0 Å². The Bertz CT molecular complexity index is 529. The van der Waals surface area contributed by atoms with Crippen molar-refractivity contribution in [1.82, 2.24) is 10.3 Å². The number of rotatable bonds is 5. The minimum absolute atomic E-state index is 0.313. The van der Waals surface area contributed by atoms with Crippen LogP contribution in [0.3, 0.4) is 0 Å². The lowest BCUT2D eigenvalue weighted by atomic mass is 9.89. The first kappa shape index (κ1) is 14.2. The van der Waals surface area contributed by atoms with E-state index in [1.54, 1.807) is 0 Å². The van der Waals surface area contributed by atoms with Crippen LogP contribution in [0.2, 0.25) is 0 Å². The van der Waals surface area contributed by atoms with E-state index in [9.17, 15) is 0 Å². The van der Waals surface area contributed by atoms with Crippen molar-refractivity contribution in [2.75, 3.05) is 13.1 Å². The number of ether oxygens (including phenoxy) is 1. The SMILES string of the molecule is c1ccc(C[C@H]2CNCC[C@H]2OCc2ccccn2)cc1. The van der Waals surface area contributed by atoms with Gasteiger partial charge in [0.15, 0.2) is 0 Å². The molecule has 1 aromatic carbocycles. The molecule has 0 saturated carbocycles. The molecule has 0 radical (unpaired) electrons. The Morgan fingerprint density at radius 3 is 2.76 bits per heavy atom. The predicted octanol–water partition coefficient (Wildman–Crippen LogP) is 2.82. The molecule has 0 spiro atoms. The molecule has 0 amide bonds. The van der Waals surface area contributed by atoms with Crippen LogP contribution in [-0.2, 0) is 17.8 Å². The van der Waals surface area contributed by atoms with Gasteiger partial charge in [-0.15, -0.1) is 0 Å². The van der Waals surface area contributed by atoms with E-state index >= 15 is 0 Å². The highest BCUT2D eigenvalue weighted by molar-refractivity contribution is 5.15. The third kappa shape index (κ3) is 4.13. The van der Waals surface area contributed by atoms with Crippen LogP contribution in [0.25, 0.3) is 0 Å². The Morgan fingerprint density at radius 1 is 1.10 bits per heavy atom. The molecule has 0 aliphatic carbocycles. The number of benzene rings is 1. The Balaban J connectivity index is 1.59. The monoisotopic (exact) mass is 282 g/mol. The molecule has 1 saturated heterocycles. The number of nitrogens with one attached hydrogen (secondary N) is 1. The molecule has 0 unspecified atom stereocenters. The first-order chi connectivity index (χ1) is 10.4. The van der Waals surface area contributed by atoms with Gasteiger partial charge in [-0.1, -0.05) is 36.4 Å². The summed E-state index contributed by atoms with van der Waals surface area (Å²) in [4.78, 5) is 4.33. The molecule has 3 nitrogen and oxygen atoms in total. The predicted molar refractivity (Wildman–Crippen MR) is 83.9 cm³/mol. The maximum atomic E-state index is 6.15. The third-order valence-corrected chi connectivity index (χ3v) is 4.05. The zero-order valence-electron chi connectivity index (χ0n) is 12.2. The fraction of sp³-hybridized carbons (Fsp3) is 0.389. The topological polar surface area (TPSA) is 34.1 Å². The molecule has 1 N–H and O–H groups in total. The quantitative estimate of drug-likeness (QED) is 0.915. The molecule has 110 valence electrons. The summed E-state index contributed by atoms with van der Waals surface area (Å²) in [7, 11) is 0. The van der Waals surface area contributed by atoms with Gasteiger partial charge in [0, 0.05) is 18.7 Å². The third-order valence-electron chi connectivity index (χ3n) is 4.05.